The van der Waals surface area contributed by atoms with Crippen LogP contribution in [0.4, 0.5) is 8.78 Å². The van der Waals surface area contributed by atoms with Crippen LogP contribution < -0.4 is 5.32 Å². The molecule has 0 aliphatic heterocycles. The molecule has 0 fully saturated rings. The number of hydrogen-bond donors (Lipinski definition) is 2. The maximum absolute atomic E-state index is 12.0. The average molecular weight is 250 g/mol. The Morgan fingerprint density at radius 1 is 1.31 bits per heavy atom. The summed E-state index contributed by atoms with van der Waals surface area (Å²) < 4.78 is 24.1. The van der Waals surface area contributed by atoms with Gasteiger partial charge >= 0.3 is 0 Å². The summed E-state index contributed by atoms with van der Waals surface area (Å²) in [5.74, 6) is 0. The summed E-state index contributed by atoms with van der Waals surface area (Å²) in [6, 6.07) is 6.99. The van der Waals surface area contributed by atoms with Crippen LogP contribution in [0.1, 0.15) is 18.5 Å². The average Bonchev–Trinajstić information content (AvgIpc) is 2.26. The van der Waals surface area contributed by atoms with Crippen LogP contribution in [0.15, 0.2) is 24.3 Å². The number of alkyl halides is 2. The quantitative estimate of drug-likeness (QED) is 0.841. The molecule has 0 aromatic heterocycles. The molecule has 1 aromatic carbocycles. The number of aliphatic hydroxyl groups excluding tert-OH is 1. The molecule has 5 heteroatoms. The molecule has 0 amide bonds. The van der Waals surface area contributed by atoms with Crippen molar-refractivity contribution in [3.8, 4) is 0 Å². The number of halogens is 3. The monoisotopic (exact) mass is 249 g/mol. The van der Waals surface area contributed by atoms with Crippen molar-refractivity contribution in [1.29, 1.82) is 0 Å². The lowest BCUT2D eigenvalue weighted by Gasteiger charge is -2.17. The van der Waals surface area contributed by atoms with E-state index >= 15 is 0 Å². The molecule has 0 aliphatic rings. The lowest BCUT2D eigenvalue weighted by atomic mass is 10.1. The number of rotatable bonds is 5. The molecule has 16 heavy (non-hydrogen) atoms. The van der Waals surface area contributed by atoms with E-state index in [0.29, 0.717) is 5.02 Å². The second kappa shape index (κ2) is 6.13. The van der Waals surface area contributed by atoms with Gasteiger partial charge in [0.15, 0.2) is 0 Å². The highest BCUT2D eigenvalue weighted by molar-refractivity contribution is 6.30. The van der Waals surface area contributed by atoms with Crippen molar-refractivity contribution < 1.29 is 13.9 Å². The Kier molecular flexibility index (Phi) is 5.12. The first-order valence-corrected chi connectivity index (χ1v) is 5.33. The van der Waals surface area contributed by atoms with Gasteiger partial charge in [-0.3, -0.25) is 0 Å². The van der Waals surface area contributed by atoms with Crippen LogP contribution in [0, 0.1) is 0 Å². The highest BCUT2D eigenvalue weighted by Gasteiger charge is 2.17. The van der Waals surface area contributed by atoms with Gasteiger partial charge in [0, 0.05) is 17.6 Å². The Morgan fingerprint density at radius 2 is 1.88 bits per heavy atom. The summed E-state index contributed by atoms with van der Waals surface area (Å²) in [6.45, 7) is 1.70. The molecule has 1 aromatic rings. The van der Waals surface area contributed by atoms with Crippen LogP contribution in [0.25, 0.3) is 0 Å². The summed E-state index contributed by atoms with van der Waals surface area (Å²) in [4.78, 5) is 0. The molecule has 0 saturated heterocycles. The van der Waals surface area contributed by atoms with Gasteiger partial charge in [-0.25, -0.2) is 8.78 Å². The molecule has 0 heterocycles. The van der Waals surface area contributed by atoms with E-state index in [4.69, 9.17) is 16.7 Å². The Morgan fingerprint density at radius 3 is 2.38 bits per heavy atom. The molecular formula is C11H14ClF2NO. The van der Waals surface area contributed by atoms with E-state index in [1.807, 2.05) is 19.1 Å². The predicted octanol–water partition coefficient (Wildman–Crippen LogP) is 2.62. The second-order valence-electron chi connectivity index (χ2n) is 3.58. The normalized spacial score (nSPS) is 15.1. The maximum atomic E-state index is 12.0. The molecule has 2 atom stereocenters. The molecule has 2 N–H and O–H groups in total. The van der Waals surface area contributed by atoms with Gasteiger partial charge in [0.1, 0.15) is 6.10 Å². The van der Waals surface area contributed by atoms with Crippen molar-refractivity contribution in [2.75, 3.05) is 6.54 Å². The third-order valence-corrected chi connectivity index (χ3v) is 2.55. The minimum atomic E-state index is -2.72. The summed E-state index contributed by atoms with van der Waals surface area (Å²) in [6.07, 6.45) is -4.35. The van der Waals surface area contributed by atoms with Crippen LogP contribution in [0.3, 0.4) is 0 Å². The third kappa shape index (κ3) is 4.04. The lowest BCUT2D eigenvalue weighted by molar-refractivity contribution is -0.00439. The van der Waals surface area contributed by atoms with Gasteiger partial charge in [-0.2, -0.15) is 0 Å². The predicted molar refractivity (Wildman–Crippen MR) is 59.9 cm³/mol. The van der Waals surface area contributed by atoms with E-state index in [1.165, 1.54) is 0 Å². The van der Waals surface area contributed by atoms with E-state index in [-0.39, 0.29) is 12.6 Å². The maximum Gasteiger partial charge on any atom is 0.265 e. The lowest BCUT2D eigenvalue weighted by Crippen LogP contribution is -2.33. The Bertz CT molecular complexity index is 318. The first-order valence-electron chi connectivity index (χ1n) is 4.95. The molecule has 0 bridgehead atoms. The molecule has 2 unspecified atom stereocenters. The molecular weight excluding hydrogens is 236 g/mol. The first-order chi connectivity index (χ1) is 7.50. The van der Waals surface area contributed by atoms with Crippen molar-refractivity contribution >= 4 is 11.6 Å². The van der Waals surface area contributed by atoms with Gasteiger partial charge in [0.25, 0.3) is 6.43 Å². The fraction of sp³-hybridized carbons (Fsp3) is 0.455. The molecule has 0 spiro atoms. The highest BCUT2D eigenvalue weighted by atomic mass is 35.5. The number of benzene rings is 1. The largest absolute Gasteiger partial charge is 0.386 e. The van der Waals surface area contributed by atoms with Crippen LogP contribution in [-0.4, -0.2) is 24.2 Å². The third-order valence-electron chi connectivity index (χ3n) is 2.29. The van der Waals surface area contributed by atoms with Crippen LogP contribution in [-0.2, 0) is 0 Å². The summed E-state index contributed by atoms with van der Waals surface area (Å²) in [7, 11) is 0. The topological polar surface area (TPSA) is 32.3 Å². The molecule has 0 saturated carbocycles. The zero-order valence-electron chi connectivity index (χ0n) is 8.83. The molecule has 1 rings (SSSR count). The van der Waals surface area contributed by atoms with E-state index < -0.39 is 12.5 Å². The van der Waals surface area contributed by atoms with Crippen molar-refractivity contribution in [3.63, 3.8) is 0 Å². The van der Waals surface area contributed by atoms with Gasteiger partial charge in [-0.1, -0.05) is 23.7 Å². The summed E-state index contributed by atoms with van der Waals surface area (Å²) in [5, 5.41) is 12.4. The summed E-state index contributed by atoms with van der Waals surface area (Å²) >= 11 is 5.73. The molecule has 0 radical (unpaired) electrons. The van der Waals surface area contributed by atoms with Gasteiger partial charge < -0.3 is 10.4 Å². The van der Waals surface area contributed by atoms with Crippen molar-refractivity contribution in [2.45, 2.75) is 25.5 Å². The zero-order valence-corrected chi connectivity index (χ0v) is 9.59. The fourth-order valence-electron chi connectivity index (χ4n) is 1.26. The van der Waals surface area contributed by atoms with Crippen molar-refractivity contribution in [3.05, 3.63) is 34.9 Å². The molecule has 90 valence electrons. The molecule has 0 aliphatic carbocycles. The second-order valence-corrected chi connectivity index (χ2v) is 4.02. The number of aliphatic hydroxyl groups is 1. The number of hydrogen-bond acceptors (Lipinski definition) is 2. The summed E-state index contributed by atoms with van der Waals surface area (Å²) in [5.41, 5.74) is 0.936. The van der Waals surface area contributed by atoms with Crippen molar-refractivity contribution in [1.82, 2.24) is 5.32 Å². The minimum Gasteiger partial charge on any atom is -0.386 e. The highest BCUT2D eigenvalue weighted by Crippen LogP contribution is 2.16. The van der Waals surface area contributed by atoms with E-state index in [0.717, 1.165) is 5.56 Å². The van der Waals surface area contributed by atoms with Crippen LogP contribution in [0.2, 0.25) is 5.02 Å². The molecule has 2 nitrogen and oxygen atoms in total. The number of nitrogens with one attached hydrogen (secondary N) is 1. The fourth-order valence-corrected chi connectivity index (χ4v) is 1.38. The Balaban J connectivity index is 2.46. The smallest absolute Gasteiger partial charge is 0.265 e. The van der Waals surface area contributed by atoms with Crippen LogP contribution >= 0.6 is 11.6 Å². The first kappa shape index (κ1) is 13.4. The Hall–Kier alpha value is -0.710. The van der Waals surface area contributed by atoms with E-state index in [9.17, 15) is 8.78 Å². The van der Waals surface area contributed by atoms with Gasteiger partial charge in [-0.05, 0) is 24.6 Å². The Labute approximate surface area is 98.2 Å². The van der Waals surface area contributed by atoms with Gasteiger partial charge in [0.2, 0.25) is 0 Å². The minimum absolute atomic E-state index is 0.106. The van der Waals surface area contributed by atoms with Crippen LogP contribution in [0.5, 0.6) is 0 Å². The van der Waals surface area contributed by atoms with Gasteiger partial charge in [-0.15, -0.1) is 0 Å². The van der Waals surface area contributed by atoms with Gasteiger partial charge in [0.05, 0.1) is 0 Å². The van der Waals surface area contributed by atoms with Crippen molar-refractivity contribution in [2.24, 2.45) is 0 Å². The van der Waals surface area contributed by atoms with E-state index in [2.05, 4.69) is 5.32 Å². The zero-order chi connectivity index (χ0) is 12.1. The van der Waals surface area contributed by atoms with E-state index in [1.54, 1.807) is 12.1 Å². The standard InChI is InChI=1S/C11H14ClF2NO/c1-7(15-6-10(16)11(13)14)8-2-4-9(12)5-3-8/h2-5,7,10-11,15-16H,6H2,1H3. The SMILES string of the molecule is CC(NCC(O)C(F)F)c1ccc(Cl)cc1.